The number of para-hydroxylation sites is 1. The first kappa shape index (κ1) is 8.81. The van der Waals surface area contributed by atoms with Crippen molar-refractivity contribution in [1.82, 2.24) is 4.57 Å². The van der Waals surface area contributed by atoms with Gasteiger partial charge in [0.15, 0.2) is 0 Å². The second kappa shape index (κ2) is 2.87. The van der Waals surface area contributed by atoms with Crippen LogP contribution in [0, 0.1) is 6.92 Å². The molecule has 0 radical (unpaired) electrons. The molecule has 0 spiro atoms. The van der Waals surface area contributed by atoms with Gasteiger partial charge in [-0.05, 0) is 18.6 Å². The molecule has 0 atom stereocenters. The third kappa shape index (κ3) is 1.09. The van der Waals surface area contributed by atoms with E-state index in [1.54, 1.807) is 17.7 Å². The molecule has 2 aromatic rings. The zero-order chi connectivity index (χ0) is 10.3. The molecule has 1 aromatic heterocycles. The maximum absolute atomic E-state index is 11.6. The fourth-order valence-corrected chi connectivity index (χ4v) is 1.78. The Morgan fingerprint density at radius 1 is 1.36 bits per heavy atom. The molecule has 0 amide bonds. The van der Waals surface area contributed by atoms with E-state index in [4.69, 9.17) is 5.73 Å². The Kier molecular flexibility index (Phi) is 1.81. The van der Waals surface area contributed by atoms with Crippen molar-refractivity contribution in [3.05, 3.63) is 40.2 Å². The average molecular weight is 188 g/mol. The average Bonchev–Trinajstić information content (AvgIpc) is 2.14. The van der Waals surface area contributed by atoms with Gasteiger partial charge in [0.2, 0.25) is 0 Å². The fourth-order valence-electron chi connectivity index (χ4n) is 1.78. The summed E-state index contributed by atoms with van der Waals surface area (Å²) in [6, 6.07) is 7.63. The minimum Gasteiger partial charge on any atom is -0.394 e. The van der Waals surface area contributed by atoms with E-state index in [-0.39, 0.29) is 5.56 Å². The zero-order valence-electron chi connectivity index (χ0n) is 8.24. The number of fused-ring (bicyclic) bond motifs is 1. The molecule has 1 aromatic carbocycles. The highest BCUT2D eigenvalue weighted by Gasteiger charge is 2.04. The first-order chi connectivity index (χ1) is 6.61. The topological polar surface area (TPSA) is 48.0 Å². The van der Waals surface area contributed by atoms with Crippen LogP contribution in [0.2, 0.25) is 0 Å². The van der Waals surface area contributed by atoms with E-state index in [9.17, 15) is 4.79 Å². The van der Waals surface area contributed by atoms with Crippen LogP contribution >= 0.6 is 0 Å². The second-order valence-corrected chi connectivity index (χ2v) is 3.48. The monoisotopic (exact) mass is 188 g/mol. The van der Waals surface area contributed by atoms with Crippen molar-refractivity contribution < 1.29 is 0 Å². The molecule has 0 aliphatic rings. The van der Waals surface area contributed by atoms with Crippen LogP contribution in [0.5, 0.6) is 0 Å². The van der Waals surface area contributed by atoms with Gasteiger partial charge in [-0.25, -0.2) is 0 Å². The number of benzene rings is 1. The van der Waals surface area contributed by atoms with Crippen LogP contribution in [0.1, 0.15) is 5.56 Å². The number of aryl methyl sites for hydroxylation is 2. The number of pyridine rings is 1. The molecule has 3 heteroatoms. The third-order valence-electron chi connectivity index (χ3n) is 2.47. The first-order valence-corrected chi connectivity index (χ1v) is 4.46. The molecular formula is C11H12N2O. The van der Waals surface area contributed by atoms with Gasteiger partial charge in [-0.1, -0.05) is 18.2 Å². The number of anilines is 1. The van der Waals surface area contributed by atoms with Gasteiger partial charge in [-0.15, -0.1) is 0 Å². The second-order valence-electron chi connectivity index (χ2n) is 3.48. The van der Waals surface area contributed by atoms with E-state index in [2.05, 4.69) is 0 Å². The molecule has 0 saturated heterocycles. The van der Waals surface area contributed by atoms with Crippen molar-refractivity contribution in [1.29, 1.82) is 0 Å². The lowest BCUT2D eigenvalue weighted by atomic mass is 10.1. The number of hydrogen-bond acceptors (Lipinski definition) is 2. The summed E-state index contributed by atoms with van der Waals surface area (Å²) in [5.74, 6) is 0. The van der Waals surface area contributed by atoms with E-state index >= 15 is 0 Å². The van der Waals surface area contributed by atoms with Gasteiger partial charge < -0.3 is 10.3 Å². The molecule has 14 heavy (non-hydrogen) atoms. The number of nitrogen functional groups attached to an aromatic ring is 1. The Balaban J connectivity index is 3.07. The van der Waals surface area contributed by atoms with Crippen LogP contribution in [-0.4, -0.2) is 4.57 Å². The molecule has 0 fully saturated rings. The highest BCUT2D eigenvalue weighted by molar-refractivity contribution is 5.84. The Morgan fingerprint density at radius 3 is 2.79 bits per heavy atom. The van der Waals surface area contributed by atoms with Crippen LogP contribution in [0.15, 0.2) is 29.1 Å². The number of hydrogen-bond donors (Lipinski definition) is 1. The van der Waals surface area contributed by atoms with E-state index < -0.39 is 0 Å². The largest absolute Gasteiger partial charge is 0.394 e. The minimum atomic E-state index is -0.133. The van der Waals surface area contributed by atoms with E-state index in [1.807, 2.05) is 25.1 Å². The van der Waals surface area contributed by atoms with Gasteiger partial charge in [0.25, 0.3) is 5.56 Å². The maximum Gasteiger partial charge on any atom is 0.273 e. The van der Waals surface area contributed by atoms with Crippen molar-refractivity contribution in [2.24, 2.45) is 7.05 Å². The van der Waals surface area contributed by atoms with E-state index in [0.717, 1.165) is 16.5 Å². The lowest BCUT2D eigenvalue weighted by Gasteiger charge is -2.08. The van der Waals surface area contributed by atoms with Gasteiger partial charge in [0, 0.05) is 12.4 Å². The highest BCUT2D eigenvalue weighted by Crippen LogP contribution is 2.17. The number of nitrogens with zero attached hydrogens (tertiary/aromatic N) is 1. The maximum atomic E-state index is 11.6. The van der Waals surface area contributed by atoms with Crippen LogP contribution in [-0.2, 0) is 7.05 Å². The summed E-state index contributed by atoms with van der Waals surface area (Å²) in [4.78, 5) is 11.6. The van der Waals surface area contributed by atoms with Crippen molar-refractivity contribution in [3.8, 4) is 0 Å². The van der Waals surface area contributed by atoms with Gasteiger partial charge >= 0.3 is 0 Å². The van der Waals surface area contributed by atoms with Gasteiger partial charge in [-0.2, -0.15) is 0 Å². The zero-order valence-corrected chi connectivity index (χ0v) is 8.24. The lowest BCUT2D eigenvalue weighted by molar-refractivity contribution is 0.906. The van der Waals surface area contributed by atoms with Gasteiger partial charge in [0.1, 0.15) is 0 Å². The predicted molar refractivity (Wildman–Crippen MR) is 58.3 cm³/mol. The molecule has 3 nitrogen and oxygen atoms in total. The van der Waals surface area contributed by atoms with Crippen molar-refractivity contribution >= 4 is 16.6 Å². The standard InChI is InChI=1S/C11H12N2O/c1-7-4-3-5-8-6-9(12)11(14)13(2)10(7)8/h3-6H,12H2,1-2H3. The quantitative estimate of drug-likeness (QED) is 0.679. The van der Waals surface area contributed by atoms with Crippen LogP contribution in [0.25, 0.3) is 10.9 Å². The summed E-state index contributed by atoms with van der Waals surface area (Å²) in [5.41, 5.74) is 7.80. The Morgan fingerprint density at radius 2 is 2.07 bits per heavy atom. The summed E-state index contributed by atoms with van der Waals surface area (Å²) in [6.45, 7) is 1.98. The van der Waals surface area contributed by atoms with Crippen LogP contribution in [0.4, 0.5) is 5.69 Å². The van der Waals surface area contributed by atoms with Crippen molar-refractivity contribution in [2.45, 2.75) is 6.92 Å². The molecule has 0 aliphatic carbocycles. The van der Waals surface area contributed by atoms with Gasteiger partial charge in [-0.3, -0.25) is 4.79 Å². The molecule has 0 bridgehead atoms. The molecule has 0 saturated carbocycles. The van der Waals surface area contributed by atoms with Crippen LogP contribution < -0.4 is 11.3 Å². The van der Waals surface area contributed by atoms with Crippen molar-refractivity contribution in [2.75, 3.05) is 5.73 Å². The third-order valence-corrected chi connectivity index (χ3v) is 2.47. The first-order valence-electron chi connectivity index (χ1n) is 4.46. The molecule has 1 heterocycles. The Bertz CT molecular complexity index is 555. The highest BCUT2D eigenvalue weighted by atomic mass is 16.1. The summed E-state index contributed by atoms with van der Waals surface area (Å²) in [6.07, 6.45) is 0. The summed E-state index contributed by atoms with van der Waals surface area (Å²) in [5, 5.41) is 1.00. The van der Waals surface area contributed by atoms with E-state index in [0.29, 0.717) is 5.69 Å². The summed E-state index contributed by atoms with van der Waals surface area (Å²) in [7, 11) is 1.74. The normalized spacial score (nSPS) is 10.7. The molecule has 2 N–H and O–H groups in total. The summed E-state index contributed by atoms with van der Waals surface area (Å²) >= 11 is 0. The molecular weight excluding hydrogens is 176 g/mol. The Hall–Kier alpha value is -1.77. The predicted octanol–water partition coefficient (Wildman–Crippen LogP) is 1.43. The molecule has 72 valence electrons. The fraction of sp³-hybridized carbons (Fsp3) is 0.182. The minimum absolute atomic E-state index is 0.133. The van der Waals surface area contributed by atoms with Crippen LogP contribution in [0.3, 0.4) is 0 Å². The van der Waals surface area contributed by atoms with Crippen molar-refractivity contribution in [3.63, 3.8) is 0 Å². The molecule has 0 unspecified atom stereocenters. The van der Waals surface area contributed by atoms with E-state index in [1.165, 1.54) is 0 Å². The van der Waals surface area contributed by atoms with Gasteiger partial charge in [0.05, 0.1) is 11.2 Å². The number of nitrogens with two attached hydrogens (primary N) is 1. The summed E-state index contributed by atoms with van der Waals surface area (Å²) < 4.78 is 1.60. The molecule has 2 rings (SSSR count). The Labute approximate surface area is 81.8 Å². The lowest BCUT2D eigenvalue weighted by Crippen LogP contribution is -2.20. The smallest absolute Gasteiger partial charge is 0.273 e. The number of rotatable bonds is 0. The number of aromatic nitrogens is 1. The molecule has 0 aliphatic heterocycles. The SMILES string of the molecule is Cc1cccc2cc(N)c(=O)n(C)c12.